The Morgan fingerprint density at radius 1 is 0.654 bits per heavy atom. The molecule has 3 aromatic carbocycles. The average Bonchev–Trinajstić information content (AvgIpc) is 2.67. The molecule has 3 aromatic rings. The number of hydrogen-bond donors (Lipinski definition) is 0. The van der Waals surface area contributed by atoms with Crippen LogP contribution in [-0.2, 0) is 0 Å². The van der Waals surface area contributed by atoms with Crippen molar-refractivity contribution in [2.45, 2.75) is 11.8 Å². The van der Waals surface area contributed by atoms with Crippen LogP contribution in [0.25, 0.3) is 0 Å². The van der Waals surface area contributed by atoms with Crippen molar-refractivity contribution in [2.24, 2.45) is 0 Å². The Kier molecular flexibility index (Phi) is 3.19. The van der Waals surface area contributed by atoms with Gasteiger partial charge in [-0.25, -0.2) is 0 Å². The summed E-state index contributed by atoms with van der Waals surface area (Å²) >= 11 is 12.6. The summed E-state index contributed by atoms with van der Waals surface area (Å²) in [6.07, 6.45) is 0. The largest absolute Gasteiger partial charge is 0.192 e. The van der Waals surface area contributed by atoms with E-state index >= 15 is 0 Å². The zero-order valence-corrected chi connectivity index (χ0v) is 14.9. The Morgan fingerprint density at radius 3 is 1.46 bits per heavy atom. The lowest BCUT2D eigenvalue weighted by atomic mass is 9.59. The van der Waals surface area contributed by atoms with Gasteiger partial charge in [-0.15, -0.1) is 0 Å². The van der Waals surface area contributed by atoms with Crippen molar-refractivity contribution in [3.8, 4) is 12.1 Å². The number of halogens is 2. The van der Waals surface area contributed by atoms with Crippen molar-refractivity contribution < 1.29 is 0 Å². The van der Waals surface area contributed by atoms with Gasteiger partial charge in [0.1, 0.15) is 0 Å². The van der Waals surface area contributed by atoms with Crippen LogP contribution in [-0.4, -0.2) is 0 Å². The zero-order chi connectivity index (χ0) is 18.0. The number of nitriles is 2. The minimum Gasteiger partial charge on any atom is -0.192 e. The van der Waals surface area contributed by atoms with E-state index in [0.29, 0.717) is 21.2 Å². The van der Waals surface area contributed by atoms with Gasteiger partial charge >= 0.3 is 0 Å². The van der Waals surface area contributed by atoms with Gasteiger partial charge in [0.05, 0.1) is 33.3 Å². The van der Waals surface area contributed by atoms with E-state index in [-0.39, 0.29) is 11.8 Å². The molecule has 0 radical (unpaired) electrons. The minimum atomic E-state index is -0.112. The van der Waals surface area contributed by atoms with Crippen LogP contribution in [0, 0.1) is 22.7 Å². The predicted molar refractivity (Wildman–Crippen MR) is 101 cm³/mol. The predicted octanol–water partition coefficient (Wildman–Crippen LogP) is 5.72. The molecule has 0 N–H and O–H groups in total. The van der Waals surface area contributed by atoms with Crippen LogP contribution in [0.4, 0.5) is 0 Å². The lowest BCUT2D eigenvalue weighted by molar-refractivity contribution is 0.750. The highest BCUT2D eigenvalue weighted by Crippen LogP contribution is 2.58. The van der Waals surface area contributed by atoms with E-state index in [2.05, 4.69) is 24.3 Å². The summed E-state index contributed by atoms with van der Waals surface area (Å²) in [5, 5.41) is 20.3. The summed E-state index contributed by atoms with van der Waals surface area (Å²) in [7, 11) is 0. The van der Waals surface area contributed by atoms with E-state index in [1.807, 2.05) is 36.4 Å². The normalized spacial score (nSPS) is 18.3. The van der Waals surface area contributed by atoms with Gasteiger partial charge < -0.3 is 0 Å². The smallest absolute Gasteiger partial charge is 0.0994 e. The molecule has 122 valence electrons. The van der Waals surface area contributed by atoms with E-state index in [9.17, 15) is 10.5 Å². The highest BCUT2D eigenvalue weighted by Gasteiger charge is 2.44. The first kappa shape index (κ1) is 15.5. The third kappa shape index (κ3) is 1.81. The first-order valence-corrected chi connectivity index (χ1v) is 8.96. The van der Waals surface area contributed by atoms with Crippen LogP contribution in [0.1, 0.15) is 56.3 Å². The fourth-order valence-corrected chi connectivity index (χ4v) is 4.89. The molecule has 2 nitrogen and oxygen atoms in total. The maximum Gasteiger partial charge on any atom is 0.0994 e. The monoisotopic (exact) mass is 372 g/mol. The first-order valence-electron chi connectivity index (χ1n) is 8.20. The highest BCUT2D eigenvalue weighted by molar-refractivity contribution is 6.42. The molecule has 0 spiro atoms. The molecule has 6 rings (SSSR count). The third-order valence-corrected chi connectivity index (χ3v) is 6.19. The maximum atomic E-state index is 9.67. The molecule has 3 aliphatic carbocycles. The molecule has 0 fully saturated rings. The molecule has 2 atom stereocenters. The maximum absolute atomic E-state index is 9.67. The topological polar surface area (TPSA) is 47.6 Å². The Hall–Kier alpha value is -2.78. The molecule has 0 saturated heterocycles. The van der Waals surface area contributed by atoms with E-state index < -0.39 is 0 Å². The van der Waals surface area contributed by atoms with Crippen LogP contribution in [0.5, 0.6) is 0 Å². The highest BCUT2D eigenvalue weighted by atomic mass is 35.5. The van der Waals surface area contributed by atoms with Gasteiger partial charge in [-0.1, -0.05) is 47.5 Å². The fourth-order valence-electron chi connectivity index (χ4n) is 4.54. The lowest BCUT2D eigenvalue weighted by Crippen LogP contribution is -2.29. The number of benzene rings is 3. The first-order chi connectivity index (χ1) is 12.7. The molecule has 0 heterocycles. The Bertz CT molecular complexity index is 1100. The molecule has 4 heteroatoms. The average molecular weight is 373 g/mol. The van der Waals surface area contributed by atoms with Crippen molar-refractivity contribution in [2.75, 3.05) is 0 Å². The van der Waals surface area contributed by atoms with Crippen LogP contribution in [0.2, 0.25) is 10.0 Å². The third-order valence-electron chi connectivity index (χ3n) is 5.47. The molecule has 2 bridgehead atoms. The number of rotatable bonds is 0. The van der Waals surface area contributed by atoms with Gasteiger partial charge in [-0.3, -0.25) is 0 Å². The van der Waals surface area contributed by atoms with Crippen molar-refractivity contribution in [3.63, 3.8) is 0 Å². The Labute approximate surface area is 160 Å². The summed E-state index contributed by atoms with van der Waals surface area (Å²) in [5.74, 6) is -0.224. The second-order valence-electron chi connectivity index (χ2n) is 6.60. The van der Waals surface area contributed by atoms with Gasteiger partial charge in [0.25, 0.3) is 0 Å². The van der Waals surface area contributed by atoms with Gasteiger partial charge in [0, 0.05) is 11.8 Å². The second-order valence-corrected chi connectivity index (χ2v) is 7.42. The molecule has 2 unspecified atom stereocenters. The summed E-state index contributed by atoms with van der Waals surface area (Å²) in [4.78, 5) is 0. The SMILES string of the molecule is N#Cc1cccc2c1C1c3cc(Cl)c(Cl)cc3C2c2c(C#N)cccc21. The van der Waals surface area contributed by atoms with E-state index in [0.717, 1.165) is 33.4 Å². The number of hydrogen-bond acceptors (Lipinski definition) is 2. The van der Waals surface area contributed by atoms with Crippen LogP contribution >= 0.6 is 23.2 Å². The molecule has 0 aliphatic heterocycles. The summed E-state index contributed by atoms with van der Waals surface area (Å²) in [6.45, 7) is 0. The second kappa shape index (κ2) is 5.36. The van der Waals surface area contributed by atoms with Gasteiger partial charge in [-0.05, 0) is 57.6 Å². The van der Waals surface area contributed by atoms with E-state index in [1.165, 1.54) is 0 Å². The Balaban J connectivity index is 1.96. The van der Waals surface area contributed by atoms with Gasteiger partial charge in [-0.2, -0.15) is 10.5 Å². The summed E-state index contributed by atoms with van der Waals surface area (Å²) < 4.78 is 0. The van der Waals surface area contributed by atoms with E-state index in [4.69, 9.17) is 23.2 Å². The van der Waals surface area contributed by atoms with Gasteiger partial charge in [0.2, 0.25) is 0 Å². The lowest BCUT2D eigenvalue weighted by Gasteiger charge is -2.43. The standard InChI is InChI=1S/C22H10Cl2N2/c23-17-7-15-16(8-18(17)24)22-14-6-2-4-12(10-26)20(14)21(15)13-5-1-3-11(9-25)19(13)22/h1-8,21-22H. The molecule has 0 amide bonds. The quantitative estimate of drug-likeness (QED) is 0.348. The fraction of sp³-hybridized carbons (Fsp3) is 0.0909. The van der Waals surface area contributed by atoms with Crippen molar-refractivity contribution in [1.82, 2.24) is 0 Å². The molecular weight excluding hydrogens is 363 g/mol. The van der Waals surface area contributed by atoms with E-state index in [1.54, 1.807) is 0 Å². The summed E-state index contributed by atoms with van der Waals surface area (Å²) in [6, 6.07) is 20.1. The van der Waals surface area contributed by atoms with Crippen LogP contribution < -0.4 is 0 Å². The molecule has 3 aliphatic rings. The Morgan fingerprint density at radius 2 is 1.08 bits per heavy atom. The van der Waals surface area contributed by atoms with Crippen LogP contribution in [0.15, 0.2) is 48.5 Å². The summed E-state index contributed by atoms with van der Waals surface area (Å²) in [5.41, 5.74) is 7.68. The minimum absolute atomic E-state index is 0.112. The molecular formula is C22H10Cl2N2. The van der Waals surface area contributed by atoms with Crippen molar-refractivity contribution >= 4 is 23.2 Å². The molecule has 0 aromatic heterocycles. The van der Waals surface area contributed by atoms with Crippen LogP contribution in [0.3, 0.4) is 0 Å². The van der Waals surface area contributed by atoms with Crippen molar-refractivity contribution in [3.05, 3.63) is 103 Å². The van der Waals surface area contributed by atoms with Gasteiger partial charge in [0.15, 0.2) is 0 Å². The zero-order valence-electron chi connectivity index (χ0n) is 13.4. The number of nitrogens with zero attached hydrogens (tertiary/aromatic N) is 2. The molecule has 0 saturated carbocycles. The van der Waals surface area contributed by atoms with Crippen molar-refractivity contribution in [1.29, 1.82) is 10.5 Å². The molecule has 26 heavy (non-hydrogen) atoms.